The highest BCUT2D eigenvalue weighted by atomic mass is 32.2. The van der Waals surface area contributed by atoms with E-state index >= 15 is 0 Å². The molecule has 0 bridgehead atoms. The first-order chi connectivity index (χ1) is 10.3. The molecule has 0 unspecified atom stereocenters. The van der Waals surface area contributed by atoms with E-state index in [9.17, 15) is 21.6 Å². The minimum atomic E-state index is -4.22. The number of hydrogen-bond donors (Lipinski definition) is 2. The molecule has 0 rings (SSSR count). The van der Waals surface area contributed by atoms with E-state index in [2.05, 4.69) is 0 Å². The van der Waals surface area contributed by atoms with Crippen LogP contribution in [0.1, 0.15) is 27.2 Å². The van der Waals surface area contributed by atoms with Crippen LogP contribution in [0.2, 0.25) is 0 Å². The smallest absolute Gasteiger partial charge is 0.310 e. The van der Waals surface area contributed by atoms with Gasteiger partial charge in [-0.15, -0.1) is 0 Å². The Hall–Kier alpha value is -0.750. The molecular weight excluding hydrogens is 350 g/mol. The molecule has 0 aliphatic heterocycles. The summed E-state index contributed by atoms with van der Waals surface area (Å²) < 4.78 is 62.9. The highest BCUT2D eigenvalue weighted by Gasteiger charge is 2.37. The van der Waals surface area contributed by atoms with Gasteiger partial charge in [-0.25, -0.2) is 0 Å². The molecule has 0 saturated heterocycles. The number of hydrogen-bond acceptors (Lipinski definition) is 8. The molecule has 3 N–H and O–H groups in total. The topological polar surface area (TPSA) is 150 Å². The van der Waals surface area contributed by atoms with Gasteiger partial charge in [0.2, 0.25) is 0 Å². The number of ether oxygens (including phenoxy) is 1. The molecule has 0 aromatic rings. The van der Waals surface area contributed by atoms with Crippen LogP contribution in [0.15, 0.2) is 0 Å². The summed E-state index contributed by atoms with van der Waals surface area (Å²) in [5, 5.41) is 0. The Labute approximate surface area is 137 Å². The van der Waals surface area contributed by atoms with Gasteiger partial charge in [0.1, 0.15) is 0 Å². The molecule has 9 nitrogen and oxygen atoms in total. The lowest BCUT2D eigenvalue weighted by Gasteiger charge is -2.31. The van der Waals surface area contributed by atoms with Crippen LogP contribution in [-0.4, -0.2) is 58.6 Å². The van der Waals surface area contributed by atoms with Crippen molar-refractivity contribution < 1.29 is 35.1 Å². The zero-order valence-electron chi connectivity index (χ0n) is 13.5. The largest absolute Gasteiger partial charge is 0.466 e. The summed E-state index contributed by atoms with van der Waals surface area (Å²) >= 11 is 0. The summed E-state index contributed by atoms with van der Waals surface area (Å²) in [5.74, 6) is -2.51. The molecule has 0 aliphatic carbocycles. The number of esters is 1. The normalized spacial score (nSPS) is 14.5. The van der Waals surface area contributed by atoms with E-state index in [-0.39, 0.29) is 26.2 Å². The Morgan fingerprint density at radius 2 is 1.78 bits per heavy atom. The first-order valence-electron chi connectivity index (χ1n) is 7.03. The van der Waals surface area contributed by atoms with Crippen molar-refractivity contribution in [3.05, 3.63) is 0 Å². The van der Waals surface area contributed by atoms with Gasteiger partial charge in [-0.3, -0.25) is 13.5 Å². The van der Waals surface area contributed by atoms with Gasteiger partial charge in [-0.1, -0.05) is 13.8 Å². The second-order valence-electron chi connectivity index (χ2n) is 5.69. The number of rotatable bonds is 11. The third-order valence-corrected chi connectivity index (χ3v) is 5.23. The van der Waals surface area contributed by atoms with Crippen LogP contribution in [-0.2, 0) is 34.0 Å². The summed E-state index contributed by atoms with van der Waals surface area (Å²) in [5.41, 5.74) is 4.67. The fourth-order valence-electron chi connectivity index (χ4n) is 1.80. The Morgan fingerprint density at radius 3 is 2.22 bits per heavy atom. The maximum Gasteiger partial charge on any atom is 0.310 e. The van der Waals surface area contributed by atoms with Crippen molar-refractivity contribution >= 4 is 26.2 Å². The number of carbonyl (C=O) groups excluding carboxylic acids is 1. The first-order valence-corrected chi connectivity index (χ1v) is 10.2. The monoisotopic (exact) mass is 375 g/mol. The Bertz CT molecular complexity index is 582. The predicted octanol–water partition coefficient (Wildman–Crippen LogP) is -0.225. The van der Waals surface area contributed by atoms with Crippen molar-refractivity contribution in [3.63, 3.8) is 0 Å². The second-order valence-corrected chi connectivity index (χ2v) is 9.02. The lowest BCUT2D eigenvalue weighted by atomic mass is 9.79. The zero-order chi connectivity index (χ0) is 18.3. The molecule has 0 aliphatic rings. The van der Waals surface area contributed by atoms with Gasteiger partial charge in [0.05, 0.1) is 30.6 Å². The summed E-state index contributed by atoms with van der Waals surface area (Å²) in [6, 6.07) is 0. The van der Waals surface area contributed by atoms with Gasteiger partial charge in [0.15, 0.2) is 0 Å². The fraction of sp³-hybridized carbons (Fsp3) is 0.917. The van der Waals surface area contributed by atoms with E-state index in [1.165, 1.54) is 0 Å². The van der Waals surface area contributed by atoms with Gasteiger partial charge in [0.25, 0.3) is 20.2 Å². The molecule has 0 aromatic carbocycles. The molecule has 0 saturated carbocycles. The van der Waals surface area contributed by atoms with Crippen molar-refractivity contribution in [2.45, 2.75) is 27.2 Å². The average molecular weight is 375 g/mol. The van der Waals surface area contributed by atoms with Gasteiger partial charge in [-0.2, -0.15) is 16.8 Å². The van der Waals surface area contributed by atoms with E-state index in [1.807, 2.05) is 0 Å². The molecule has 0 spiro atoms. The van der Waals surface area contributed by atoms with Gasteiger partial charge >= 0.3 is 5.97 Å². The lowest BCUT2D eigenvalue weighted by Crippen LogP contribution is -2.41. The SMILES string of the molecule is CCOC(=O)[C@H](CN)C(C)(C)COS(=O)(=O)CCCS(=O)(=O)O. The van der Waals surface area contributed by atoms with Crippen LogP contribution in [0.4, 0.5) is 0 Å². The fourth-order valence-corrected chi connectivity index (χ4v) is 3.59. The summed E-state index contributed by atoms with van der Waals surface area (Å²) in [7, 11) is -8.21. The summed E-state index contributed by atoms with van der Waals surface area (Å²) in [4.78, 5) is 11.8. The summed E-state index contributed by atoms with van der Waals surface area (Å²) in [6.07, 6.45) is -0.292. The number of carbonyl (C=O) groups is 1. The molecule has 0 aromatic heterocycles. The maximum atomic E-state index is 11.8. The molecule has 11 heteroatoms. The molecule has 23 heavy (non-hydrogen) atoms. The molecule has 0 heterocycles. The van der Waals surface area contributed by atoms with Crippen molar-refractivity contribution in [2.75, 3.05) is 31.3 Å². The molecular formula is C12H25NO8S2. The van der Waals surface area contributed by atoms with Gasteiger partial charge in [0, 0.05) is 12.0 Å². The predicted molar refractivity (Wildman–Crippen MR) is 83.7 cm³/mol. The van der Waals surface area contributed by atoms with Crippen LogP contribution >= 0.6 is 0 Å². The van der Waals surface area contributed by atoms with E-state index < -0.39 is 49.0 Å². The van der Waals surface area contributed by atoms with E-state index in [1.54, 1.807) is 20.8 Å². The van der Waals surface area contributed by atoms with Crippen LogP contribution < -0.4 is 5.73 Å². The third-order valence-electron chi connectivity index (χ3n) is 3.16. The Kier molecular flexibility index (Phi) is 8.63. The minimum Gasteiger partial charge on any atom is -0.466 e. The maximum absolute atomic E-state index is 11.8. The molecule has 138 valence electrons. The van der Waals surface area contributed by atoms with E-state index in [0.717, 1.165) is 0 Å². The van der Waals surface area contributed by atoms with Crippen molar-refractivity contribution in [1.82, 2.24) is 0 Å². The molecule has 0 fully saturated rings. The molecule has 0 radical (unpaired) electrons. The van der Waals surface area contributed by atoms with Crippen molar-refractivity contribution in [1.29, 1.82) is 0 Å². The van der Waals surface area contributed by atoms with Crippen LogP contribution in [0.3, 0.4) is 0 Å². The standard InChI is InChI=1S/C12H25NO8S2/c1-4-20-11(14)10(8-13)12(2,3)9-21-23(18,19)7-5-6-22(15,16)17/h10H,4-9,13H2,1-3H3,(H,15,16,17)/t10-/m0/s1. The van der Waals surface area contributed by atoms with E-state index in [4.69, 9.17) is 19.2 Å². The first kappa shape index (κ1) is 22.2. The van der Waals surface area contributed by atoms with Crippen LogP contribution in [0.25, 0.3) is 0 Å². The van der Waals surface area contributed by atoms with Gasteiger partial charge in [-0.05, 0) is 13.3 Å². The minimum absolute atomic E-state index is 0.0298. The molecule has 0 amide bonds. The average Bonchev–Trinajstić information content (AvgIpc) is 2.35. The van der Waals surface area contributed by atoms with Crippen LogP contribution in [0.5, 0.6) is 0 Å². The zero-order valence-corrected chi connectivity index (χ0v) is 15.2. The van der Waals surface area contributed by atoms with Crippen molar-refractivity contribution in [3.8, 4) is 0 Å². The highest BCUT2D eigenvalue weighted by molar-refractivity contribution is 7.87. The number of nitrogens with two attached hydrogens (primary N) is 1. The van der Waals surface area contributed by atoms with E-state index in [0.29, 0.717) is 0 Å². The Balaban J connectivity index is 4.68. The molecule has 1 atom stereocenters. The highest BCUT2D eigenvalue weighted by Crippen LogP contribution is 2.28. The lowest BCUT2D eigenvalue weighted by molar-refractivity contribution is -0.152. The van der Waals surface area contributed by atoms with Crippen LogP contribution in [0, 0.1) is 11.3 Å². The Morgan fingerprint density at radius 1 is 1.22 bits per heavy atom. The third kappa shape index (κ3) is 9.20. The van der Waals surface area contributed by atoms with Gasteiger partial charge < -0.3 is 10.5 Å². The summed E-state index contributed by atoms with van der Waals surface area (Å²) in [6.45, 7) is 4.74. The second kappa shape index (κ2) is 8.92. The quantitative estimate of drug-likeness (QED) is 0.283. The van der Waals surface area contributed by atoms with Crippen molar-refractivity contribution in [2.24, 2.45) is 17.1 Å².